The van der Waals surface area contributed by atoms with Gasteiger partial charge in [-0.25, -0.2) is 8.42 Å². The second-order valence-electron chi connectivity index (χ2n) is 5.27. The molecule has 0 saturated carbocycles. The van der Waals surface area contributed by atoms with E-state index >= 15 is 0 Å². The minimum atomic E-state index is -3.50. The molecular weight excluding hydrogens is 288 g/mol. The first kappa shape index (κ1) is 16.1. The van der Waals surface area contributed by atoms with Gasteiger partial charge in [-0.2, -0.15) is 4.31 Å². The van der Waals surface area contributed by atoms with Crippen molar-refractivity contribution in [3.63, 3.8) is 0 Å². The zero-order valence-corrected chi connectivity index (χ0v) is 13.3. The number of ketones is 1. The Labute approximate surface area is 126 Å². The van der Waals surface area contributed by atoms with Gasteiger partial charge in [-0.1, -0.05) is 19.1 Å². The van der Waals surface area contributed by atoms with Gasteiger partial charge in [-0.05, 0) is 32.0 Å². The van der Waals surface area contributed by atoms with Crippen molar-refractivity contribution in [3.8, 4) is 0 Å². The molecule has 0 unspecified atom stereocenters. The first-order valence-electron chi connectivity index (χ1n) is 7.29. The van der Waals surface area contributed by atoms with Gasteiger partial charge in [0.2, 0.25) is 10.0 Å². The number of hydrogen-bond donors (Lipinski definition) is 1. The zero-order chi connectivity index (χ0) is 15.5. The van der Waals surface area contributed by atoms with Crippen molar-refractivity contribution in [2.45, 2.75) is 37.1 Å². The lowest BCUT2D eigenvalue weighted by Gasteiger charge is -2.31. The highest BCUT2D eigenvalue weighted by Crippen LogP contribution is 2.22. The fraction of sp³-hybridized carbons (Fsp3) is 0.533. The number of sulfonamides is 1. The van der Waals surface area contributed by atoms with Gasteiger partial charge in [0.25, 0.3) is 0 Å². The quantitative estimate of drug-likeness (QED) is 0.840. The first-order chi connectivity index (χ1) is 9.98. The third kappa shape index (κ3) is 3.51. The maximum absolute atomic E-state index is 12.6. The van der Waals surface area contributed by atoms with Crippen molar-refractivity contribution >= 4 is 15.8 Å². The fourth-order valence-electron chi connectivity index (χ4n) is 2.57. The van der Waals surface area contributed by atoms with Gasteiger partial charge >= 0.3 is 0 Å². The fourth-order valence-corrected chi connectivity index (χ4v) is 4.08. The van der Waals surface area contributed by atoms with E-state index in [1.165, 1.54) is 10.4 Å². The highest BCUT2D eigenvalue weighted by atomic mass is 32.2. The number of Topliss-reactive ketones (excluding diaryl/α,β-unsaturated/α-hetero) is 1. The molecule has 0 bridgehead atoms. The van der Waals surface area contributed by atoms with Crippen LogP contribution in [-0.2, 0) is 10.0 Å². The molecule has 21 heavy (non-hydrogen) atoms. The summed E-state index contributed by atoms with van der Waals surface area (Å²) < 4.78 is 26.8. The lowest BCUT2D eigenvalue weighted by molar-refractivity contribution is 0.0988. The summed E-state index contributed by atoms with van der Waals surface area (Å²) in [6, 6.07) is 6.73. The topological polar surface area (TPSA) is 66.5 Å². The van der Waals surface area contributed by atoms with Gasteiger partial charge in [-0.3, -0.25) is 4.79 Å². The van der Waals surface area contributed by atoms with Crippen LogP contribution in [0.3, 0.4) is 0 Å². The number of carbonyl (C=O) groups excluding carboxylic acids is 1. The minimum absolute atomic E-state index is 0.0408. The Bertz CT molecular complexity index is 605. The van der Waals surface area contributed by atoms with Crippen LogP contribution in [0.1, 0.15) is 36.5 Å². The molecule has 1 aromatic rings. The molecule has 1 saturated heterocycles. The molecule has 0 spiro atoms. The van der Waals surface area contributed by atoms with E-state index in [4.69, 9.17) is 0 Å². The summed E-state index contributed by atoms with van der Waals surface area (Å²) in [4.78, 5) is 11.9. The average molecular weight is 310 g/mol. The van der Waals surface area contributed by atoms with E-state index in [9.17, 15) is 13.2 Å². The Morgan fingerprint density at radius 2 is 2.00 bits per heavy atom. The molecule has 1 aromatic carbocycles. The van der Waals surface area contributed by atoms with Crippen molar-refractivity contribution in [1.82, 2.24) is 9.62 Å². The van der Waals surface area contributed by atoms with E-state index in [1.54, 1.807) is 25.1 Å². The van der Waals surface area contributed by atoms with E-state index in [1.807, 2.05) is 7.05 Å². The second-order valence-corrected chi connectivity index (χ2v) is 7.21. The van der Waals surface area contributed by atoms with Crippen molar-refractivity contribution in [3.05, 3.63) is 29.8 Å². The number of piperidine rings is 1. The van der Waals surface area contributed by atoms with Crippen LogP contribution in [0, 0.1) is 0 Å². The van der Waals surface area contributed by atoms with Crippen LogP contribution in [0.5, 0.6) is 0 Å². The predicted molar refractivity (Wildman–Crippen MR) is 81.9 cm³/mol. The number of nitrogens with zero attached hydrogens (tertiary/aromatic N) is 1. The molecule has 0 amide bonds. The smallest absolute Gasteiger partial charge is 0.243 e. The number of benzene rings is 1. The van der Waals surface area contributed by atoms with Gasteiger partial charge in [0, 0.05) is 31.1 Å². The van der Waals surface area contributed by atoms with Gasteiger partial charge in [0.05, 0.1) is 4.90 Å². The molecule has 1 aliphatic heterocycles. The molecule has 6 heteroatoms. The van der Waals surface area contributed by atoms with Crippen LogP contribution in [0.4, 0.5) is 0 Å². The molecule has 116 valence electrons. The van der Waals surface area contributed by atoms with Gasteiger partial charge < -0.3 is 5.32 Å². The minimum Gasteiger partial charge on any atom is -0.317 e. The summed E-state index contributed by atoms with van der Waals surface area (Å²) in [7, 11) is -1.61. The van der Waals surface area contributed by atoms with Crippen LogP contribution < -0.4 is 5.32 Å². The summed E-state index contributed by atoms with van der Waals surface area (Å²) in [5.74, 6) is -0.0408. The second kappa shape index (κ2) is 6.68. The van der Waals surface area contributed by atoms with Crippen molar-refractivity contribution in [2.75, 3.05) is 20.1 Å². The summed E-state index contributed by atoms with van der Waals surface area (Å²) in [6.07, 6.45) is 1.99. The molecule has 2 rings (SSSR count). The van der Waals surface area contributed by atoms with Crippen molar-refractivity contribution in [2.24, 2.45) is 0 Å². The SMILES string of the molecule is CCC(=O)c1cccc(S(=O)(=O)N2CCC(NC)CC2)c1. The van der Waals surface area contributed by atoms with Gasteiger partial charge in [0.15, 0.2) is 5.78 Å². The number of hydrogen-bond acceptors (Lipinski definition) is 4. The van der Waals surface area contributed by atoms with E-state index in [2.05, 4.69) is 5.32 Å². The van der Waals surface area contributed by atoms with E-state index < -0.39 is 10.0 Å². The Hall–Kier alpha value is -1.24. The standard InChI is InChI=1S/C15H22N2O3S/c1-3-15(18)12-5-4-6-14(11-12)21(19,20)17-9-7-13(16-2)8-10-17/h4-6,11,13,16H,3,7-10H2,1-2H3. The van der Waals surface area contributed by atoms with Crippen molar-refractivity contribution < 1.29 is 13.2 Å². The molecule has 0 aromatic heterocycles. The summed E-state index contributed by atoms with van der Waals surface area (Å²) in [5.41, 5.74) is 0.462. The Morgan fingerprint density at radius 3 is 2.57 bits per heavy atom. The van der Waals surface area contributed by atoms with Crippen LogP contribution in [0.25, 0.3) is 0 Å². The maximum atomic E-state index is 12.6. The van der Waals surface area contributed by atoms with E-state index in [0.717, 1.165) is 12.8 Å². The molecule has 0 atom stereocenters. The lowest BCUT2D eigenvalue weighted by Crippen LogP contribution is -2.43. The molecular formula is C15H22N2O3S. The number of nitrogens with one attached hydrogen (secondary N) is 1. The molecule has 1 aliphatic rings. The molecule has 1 N–H and O–H groups in total. The van der Waals surface area contributed by atoms with Gasteiger partial charge in [0.1, 0.15) is 0 Å². The normalized spacial score (nSPS) is 17.8. The highest BCUT2D eigenvalue weighted by Gasteiger charge is 2.29. The monoisotopic (exact) mass is 310 g/mol. The van der Waals surface area contributed by atoms with Crippen molar-refractivity contribution in [1.29, 1.82) is 0 Å². The molecule has 1 heterocycles. The number of rotatable bonds is 5. The van der Waals surface area contributed by atoms with Gasteiger partial charge in [-0.15, -0.1) is 0 Å². The summed E-state index contributed by atoms with van der Waals surface area (Å²) >= 11 is 0. The van der Waals surface area contributed by atoms with E-state index in [-0.39, 0.29) is 10.7 Å². The van der Waals surface area contributed by atoms with E-state index in [0.29, 0.717) is 31.1 Å². The Kier molecular flexibility index (Phi) is 5.13. The van der Waals surface area contributed by atoms with Crippen LogP contribution in [0.2, 0.25) is 0 Å². The first-order valence-corrected chi connectivity index (χ1v) is 8.73. The summed E-state index contributed by atoms with van der Waals surface area (Å²) in [6.45, 7) is 2.80. The third-order valence-electron chi connectivity index (χ3n) is 3.98. The maximum Gasteiger partial charge on any atom is 0.243 e. The molecule has 1 fully saturated rings. The van der Waals surface area contributed by atoms with Crippen LogP contribution >= 0.6 is 0 Å². The molecule has 0 aliphatic carbocycles. The Balaban J connectivity index is 2.22. The third-order valence-corrected chi connectivity index (χ3v) is 5.87. The van der Waals surface area contributed by atoms with Crippen LogP contribution in [-0.4, -0.2) is 44.7 Å². The highest BCUT2D eigenvalue weighted by molar-refractivity contribution is 7.89. The molecule has 5 nitrogen and oxygen atoms in total. The summed E-state index contributed by atoms with van der Waals surface area (Å²) in [5, 5.41) is 3.18. The lowest BCUT2D eigenvalue weighted by atomic mass is 10.1. The molecule has 0 radical (unpaired) electrons. The van der Waals surface area contributed by atoms with Crippen LogP contribution in [0.15, 0.2) is 29.2 Å². The zero-order valence-electron chi connectivity index (χ0n) is 12.5. The Morgan fingerprint density at radius 1 is 1.33 bits per heavy atom. The average Bonchev–Trinajstić information content (AvgIpc) is 2.54. The number of carbonyl (C=O) groups is 1. The predicted octanol–water partition coefficient (Wildman–Crippen LogP) is 1.65. The largest absolute Gasteiger partial charge is 0.317 e.